The Morgan fingerprint density at radius 1 is 1.16 bits per heavy atom. The Bertz CT molecular complexity index is 471. The summed E-state index contributed by atoms with van der Waals surface area (Å²) in [5.74, 6) is -0.191. The highest BCUT2D eigenvalue weighted by Crippen LogP contribution is 2.06. The van der Waals surface area contributed by atoms with Gasteiger partial charge >= 0.3 is 5.97 Å². The maximum absolute atomic E-state index is 12.4. The molecule has 9 heteroatoms. The van der Waals surface area contributed by atoms with Crippen LogP contribution in [0, 0.1) is 0 Å². The zero-order chi connectivity index (χ0) is 19.2. The minimum atomic E-state index is -1.05. The van der Waals surface area contributed by atoms with Crippen molar-refractivity contribution in [3.8, 4) is 0 Å². The van der Waals surface area contributed by atoms with Crippen LogP contribution in [0.5, 0.6) is 0 Å². The Morgan fingerprint density at radius 2 is 1.84 bits per heavy atom. The molecule has 0 aromatic rings. The summed E-state index contributed by atoms with van der Waals surface area (Å²) >= 11 is 1.62. The van der Waals surface area contributed by atoms with E-state index in [2.05, 4.69) is 22.2 Å². The van der Waals surface area contributed by atoms with Crippen LogP contribution in [0.25, 0.3) is 0 Å². The van der Waals surface area contributed by atoms with Crippen LogP contribution in [0.3, 0.4) is 0 Å². The molecule has 2 atom stereocenters. The fraction of sp³-hybridized carbons (Fsp3) is 0.688. The van der Waals surface area contributed by atoms with Gasteiger partial charge in [-0.25, -0.2) is 4.79 Å². The summed E-state index contributed by atoms with van der Waals surface area (Å²) in [6, 6.07) is -1.42. The number of amidine groups is 1. The van der Waals surface area contributed by atoms with Crippen LogP contribution >= 0.6 is 11.8 Å². The molecule has 0 bridgehead atoms. The molecule has 0 rings (SSSR count). The quantitative estimate of drug-likeness (QED) is 0.143. The molecule has 25 heavy (non-hydrogen) atoms. The summed E-state index contributed by atoms with van der Waals surface area (Å²) < 4.78 is 0. The van der Waals surface area contributed by atoms with Gasteiger partial charge in [0.05, 0.1) is 0 Å². The minimum Gasteiger partial charge on any atom is -0.480 e. The number of nitrogens with zero attached hydrogens (tertiary/aromatic N) is 1. The van der Waals surface area contributed by atoms with Crippen LogP contribution in [0.2, 0.25) is 0 Å². The average Bonchev–Trinajstić information content (AvgIpc) is 2.56. The topological polar surface area (TPSA) is 123 Å². The molecule has 0 aromatic carbocycles. The Labute approximate surface area is 153 Å². The molecule has 0 radical (unpaired) electrons. The molecule has 0 aliphatic rings. The second-order valence-electron chi connectivity index (χ2n) is 5.73. The molecule has 0 aliphatic carbocycles. The zero-order valence-electron chi connectivity index (χ0n) is 15.2. The normalized spacial score (nSPS) is 13.7. The number of unbranched alkanes of at least 4 members (excludes halogenated alkanes) is 1. The van der Waals surface area contributed by atoms with Gasteiger partial charge < -0.3 is 15.7 Å². The van der Waals surface area contributed by atoms with Gasteiger partial charge in [0, 0.05) is 12.2 Å². The molecule has 0 aromatic heterocycles. The van der Waals surface area contributed by atoms with E-state index in [1.165, 1.54) is 0 Å². The number of hydrogen-bond acceptors (Lipinski definition) is 6. The third kappa shape index (κ3) is 11.4. The van der Waals surface area contributed by atoms with Crippen LogP contribution in [0.4, 0.5) is 0 Å². The maximum Gasteiger partial charge on any atom is 0.326 e. The van der Waals surface area contributed by atoms with E-state index in [4.69, 9.17) is 5.21 Å². The number of nitrogens with one attached hydrogen (secondary N) is 3. The van der Waals surface area contributed by atoms with E-state index in [-0.39, 0.29) is 5.91 Å². The summed E-state index contributed by atoms with van der Waals surface area (Å²) in [6.45, 7) is 7.61. The van der Waals surface area contributed by atoms with Crippen LogP contribution in [-0.4, -0.2) is 58.7 Å². The molecule has 0 fully saturated rings. The summed E-state index contributed by atoms with van der Waals surface area (Å²) in [5.41, 5.74) is 2.60. The Balaban J connectivity index is 4.52. The second-order valence-corrected chi connectivity index (χ2v) is 6.72. The third-order valence-corrected chi connectivity index (χ3v) is 4.02. The molecule has 8 nitrogen and oxygen atoms in total. The van der Waals surface area contributed by atoms with Gasteiger partial charge in [0.15, 0.2) is 0 Å². The van der Waals surface area contributed by atoms with Crippen molar-refractivity contribution in [3.05, 3.63) is 12.3 Å². The average molecular weight is 375 g/mol. The van der Waals surface area contributed by atoms with Gasteiger partial charge in [0.1, 0.15) is 17.9 Å². The molecule has 144 valence electrons. The van der Waals surface area contributed by atoms with E-state index < -0.39 is 18.1 Å². The lowest BCUT2D eigenvalue weighted by Gasteiger charge is -2.22. The van der Waals surface area contributed by atoms with Gasteiger partial charge in [-0.1, -0.05) is 6.58 Å². The number of hydrogen-bond donors (Lipinski definition) is 5. The number of carboxylic acid groups (broad SMARTS) is 1. The Kier molecular flexibility index (Phi) is 12.6. The summed E-state index contributed by atoms with van der Waals surface area (Å²) in [4.78, 5) is 27.8. The van der Waals surface area contributed by atoms with E-state index in [0.29, 0.717) is 43.8 Å². The van der Waals surface area contributed by atoms with Gasteiger partial charge in [0.25, 0.3) is 0 Å². The molecule has 0 unspecified atom stereocenters. The van der Waals surface area contributed by atoms with Gasteiger partial charge in [-0.3, -0.25) is 20.5 Å². The smallest absolute Gasteiger partial charge is 0.326 e. The number of aliphatic imine (C=N–C) groups is 1. The molecule has 0 saturated heterocycles. The van der Waals surface area contributed by atoms with Crippen molar-refractivity contribution in [3.63, 3.8) is 0 Å². The van der Waals surface area contributed by atoms with E-state index in [1.807, 2.05) is 11.7 Å². The van der Waals surface area contributed by atoms with Crippen molar-refractivity contribution >= 4 is 29.5 Å². The highest BCUT2D eigenvalue weighted by Gasteiger charge is 2.24. The van der Waals surface area contributed by atoms with Gasteiger partial charge in [-0.15, -0.1) is 0 Å². The second kappa shape index (κ2) is 13.5. The number of thioether (sulfide) groups is 1. The number of aliphatic carboxylic acids is 1. The van der Waals surface area contributed by atoms with Crippen molar-refractivity contribution in [1.82, 2.24) is 16.1 Å². The molecule has 0 heterocycles. The van der Waals surface area contributed by atoms with Crippen LogP contribution in [-0.2, 0) is 9.59 Å². The third-order valence-electron chi connectivity index (χ3n) is 3.37. The highest BCUT2D eigenvalue weighted by molar-refractivity contribution is 7.98. The first-order valence-electron chi connectivity index (χ1n) is 8.17. The van der Waals surface area contributed by atoms with Crippen molar-refractivity contribution in [2.24, 2.45) is 4.99 Å². The maximum atomic E-state index is 12.4. The molecule has 5 N–H and O–H groups in total. The van der Waals surface area contributed by atoms with Gasteiger partial charge in [-0.05, 0) is 51.5 Å². The number of carbonyl (C=O) groups excluding carboxylic acids is 1. The first-order chi connectivity index (χ1) is 11.8. The fourth-order valence-corrected chi connectivity index (χ4v) is 2.55. The van der Waals surface area contributed by atoms with Crippen molar-refractivity contribution < 1.29 is 19.9 Å². The lowest BCUT2D eigenvalue weighted by Crippen LogP contribution is -2.50. The van der Waals surface area contributed by atoms with Crippen molar-refractivity contribution in [1.29, 1.82) is 0 Å². The van der Waals surface area contributed by atoms with Crippen LogP contribution < -0.4 is 16.1 Å². The number of amides is 1. The molecule has 1 amide bonds. The number of allylic oxidation sites excluding steroid dienone is 1. The molecule has 0 aliphatic heterocycles. The molecule has 0 spiro atoms. The number of carbonyl (C=O) groups is 2. The Hall–Kier alpha value is -1.74. The zero-order valence-corrected chi connectivity index (χ0v) is 16.0. The standard InChI is InChI=1S/C16H30N4O4S/c1-11(2)18-13(8-10-25-4)15(21)19-14(16(22)23)7-5-6-9-17-12(3)20-24/h13-14,18,24H,1,5-10H2,2-4H3,(H,17,20)(H,19,21)(H,22,23)/t13-,14-/m0/s1. The predicted octanol–water partition coefficient (Wildman–Crippen LogP) is 1.37. The highest BCUT2D eigenvalue weighted by atomic mass is 32.2. The van der Waals surface area contributed by atoms with E-state index >= 15 is 0 Å². The van der Waals surface area contributed by atoms with E-state index in [9.17, 15) is 14.7 Å². The molecular formula is C16H30N4O4S. The predicted molar refractivity (Wildman–Crippen MR) is 101 cm³/mol. The van der Waals surface area contributed by atoms with Gasteiger partial charge in [-0.2, -0.15) is 11.8 Å². The first-order valence-corrected chi connectivity index (χ1v) is 9.56. The largest absolute Gasteiger partial charge is 0.480 e. The summed E-state index contributed by atoms with van der Waals surface area (Å²) in [7, 11) is 0. The first kappa shape index (κ1) is 23.3. The van der Waals surface area contributed by atoms with E-state index in [1.54, 1.807) is 25.6 Å². The van der Waals surface area contributed by atoms with Crippen molar-refractivity contribution in [2.45, 2.75) is 51.6 Å². The lowest BCUT2D eigenvalue weighted by molar-refractivity contribution is -0.142. The van der Waals surface area contributed by atoms with E-state index in [0.717, 1.165) is 5.75 Å². The number of rotatable bonds is 13. The van der Waals surface area contributed by atoms with Crippen LogP contribution in [0.15, 0.2) is 17.3 Å². The van der Waals surface area contributed by atoms with Crippen molar-refractivity contribution in [2.75, 3.05) is 18.6 Å². The SMILES string of the molecule is C=C(C)N[C@@H](CCSC)C(=O)N[C@@H](CCCCN=C(C)NO)C(=O)O. The molecule has 0 saturated carbocycles. The summed E-state index contributed by atoms with van der Waals surface area (Å²) in [5, 5.41) is 23.5. The number of carboxylic acids is 1. The monoisotopic (exact) mass is 374 g/mol. The Morgan fingerprint density at radius 3 is 2.36 bits per heavy atom. The number of hydroxylamine groups is 1. The fourth-order valence-electron chi connectivity index (χ4n) is 2.07. The lowest BCUT2D eigenvalue weighted by atomic mass is 10.1. The van der Waals surface area contributed by atoms with Gasteiger partial charge in [0.2, 0.25) is 5.91 Å². The minimum absolute atomic E-state index is 0.324. The van der Waals surface area contributed by atoms with Crippen LogP contribution in [0.1, 0.15) is 39.5 Å². The summed E-state index contributed by atoms with van der Waals surface area (Å²) in [6.07, 6.45) is 4.13. The molecular weight excluding hydrogens is 344 g/mol.